The predicted molar refractivity (Wildman–Crippen MR) is 62.6 cm³/mol. The van der Waals surface area contributed by atoms with E-state index in [1.807, 2.05) is 10.9 Å². The number of hydrogen-bond acceptors (Lipinski definition) is 2. The fraction of sp³-hybridized carbons (Fsp3) is 0.700. The van der Waals surface area contributed by atoms with E-state index in [9.17, 15) is 0 Å². The van der Waals surface area contributed by atoms with Crippen LogP contribution in [0.2, 0.25) is 0 Å². The van der Waals surface area contributed by atoms with E-state index in [1.54, 1.807) is 0 Å². The van der Waals surface area contributed by atoms with Gasteiger partial charge in [0.25, 0.3) is 0 Å². The number of aryl methyl sites for hydroxylation is 1. The number of hydrogen-bond donors (Lipinski definition) is 0. The summed E-state index contributed by atoms with van der Waals surface area (Å²) in [5.74, 6) is 0. The molecule has 80 valence electrons. The first-order valence-electron chi connectivity index (χ1n) is 4.95. The van der Waals surface area contributed by atoms with Gasteiger partial charge in [-0.25, -0.2) is 0 Å². The summed E-state index contributed by atoms with van der Waals surface area (Å²) < 4.78 is 1.96. The SMILES string of the molecule is CCn1cc(CN(C)C(C)CBr)cn1. The van der Waals surface area contributed by atoms with Crippen molar-refractivity contribution in [3.8, 4) is 0 Å². The van der Waals surface area contributed by atoms with Gasteiger partial charge in [0, 0.05) is 36.2 Å². The van der Waals surface area contributed by atoms with Gasteiger partial charge in [-0.15, -0.1) is 0 Å². The van der Waals surface area contributed by atoms with Crippen molar-refractivity contribution in [3.63, 3.8) is 0 Å². The van der Waals surface area contributed by atoms with Gasteiger partial charge in [-0.3, -0.25) is 9.58 Å². The van der Waals surface area contributed by atoms with E-state index < -0.39 is 0 Å². The monoisotopic (exact) mass is 259 g/mol. The van der Waals surface area contributed by atoms with Crippen molar-refractivity contribution in [1.29, 1.82) is 0 Å². The van der Waals surface area contributed by atoms with E-state index in [2.05, 4.69) is 53.0 Å². The van der Waals surface area contributed by atoms with E-state index in [0.29, 0.717) is 6.04 Å². The van der Waals surface area contributed by atoms with Gasteiger partial charge in [-0.2, -0.15) is 5.10 Å². The number of aromatic nitrogens is 2. The quantitative estimate of drug-likeness (QED) is 0.756. The first-order chi connectivity index (χ1) is 6.67. The molecular weight excluding hydrogens is 242 g/mol. The van der Waals surface area contributed by atoms with Gasteiger partial charge in [0.2, 0.25) is 0 Å². The van der Waals surface area contributed by atoms with E-state index in [-0.39, 0.29) is 0 Å². The number of rotatable bonds is 5. The fourth-order valence-corrected chi connectivity index (χ4v) is 1.72. The Labute approximate surface area is 94.2 Å². The van der Waals surface area contributed by atoms with Crippen LogP contribution in [0.25, 0.3) is 0 Å². The van der Waals surface area contributed by atoms with E-state index in [4.69, 9.17) is 0 Å². The van der Waals surface area contributed by atoms with Gasteiger partial charge in [-0.1, -0.05) is 15.9 Å². The largest absolute Gasteiger partial charge is 0.298 e. The molecule has 0 saturated carbocycles. The lowest BCUT2D eigenvalue weighted by Crippen LogP contribution is -2.29. The van der Waals surface area contributed by atoms with Crippen LogP contribution in [0, 0.1) is 0 Å². The molecule has 1 atom stereocenters. The molecule has 1 heterocycles. The minimum atomic E-state index is 0.556. The Hall–Kier alpha value is -0.350. The molecule has 0 aliphatic carbocycles. The summed E-state index contributed by atoms with van der Waals surface area (Å²) >= 11 is 3.49. The third-order valence-electron chi connectivity index (χ3n) is 2.42. The van der Waals surface area contributed by atoms with Crippen LogP contribution in [-0.4, -0.2) is 33.1 Å². The van der Waals surface area contributed by atoms with E-state index in [1.165, 1.54) is 5.56 Å². The van der Waals surface area contributed by atoms with Crippen LogP contribution in [0.15, 0.2) is 12.4 Å². The average molecular weight is 260 g/mol. The summed E-state index contributed by atoms with van der Waals surface area (Å²) in [6.07, 6.45) is 4.05. The zero-order chi connectivity index (χ0) is 10.6. The normalized spacial score (nSPS) is 13.5. The molecule has 0 amide bonds. The number of halogens is 1. The van der Waals surface area contributed by atoms with Gasteiger partial charge < -0.3 is 0 Å². The number of nitrogens with zero attached hydrogens (tertiary/aromatic N) is 3. The molecule has 0 aliphatic rings. The minimum absolute atomic E-state index is 0.556. The third kappa shape index (κ3) is 3.10. The lowest BCUT2D eigenvalue weighted by atomic mass is 10.3. The maximum Gasteiger partial charge on any atom is 0.0534 e. The van der Waals surface area contributed by atoms with Crippen LogP contribution in [0.4, 0.5) is 0 Å². The Morgan fingerprint density at radius 3 is 2.86 bits per heavy atom. The second-order valence-electron chi connectivity index (χ2n) is 3.62. The van der Waals surface area contributed by atoms with Crippen molar-refractivity contribution in [3.05, 3.63) is 18.0 Å². The van der Waals surface area contributed by atoms with Crippen molar-refractivity contribution >= 4 is 15.9 Å². The second-order valence-corrected chi connectivity index (χ2v) is 4.27. The molecule has 1 unspecified atom stereocenters. The minimum Gasteiger partial charge on any atom is -0.298 e. The molecule has 1 rings (SSSR count). The highest BCUT2D eigenvalue weighted by atomic mass is 79.9. The Morgan fingerprint density at radius 2 is 2.36 bits per heavy atom. The summed E-state index contributed by atoms with van der Waals surface area (Å²) in [5.41, 5.74) is 1.28. The Bertz CT molecular complexity index is 272. The first-order valence-corrected chi connectivity index (χ1v) is 6.07. The highest BCUT2D eigenvalue weighted by molar-refractivity contribution is 9.09. The van der Waals surface area contributed by atoms with Crippen molar-refractivity contribution in [2.45, 2.75) is 33.0 Å². The van der Waals surface area contributed by atoms with Gasteiger partial charge in [0.1, 0.15) is 0 Å². The summed E-state index contributed by atoms with van der Waals surface area (Å²) in [4.78, 5) is 2.31. The predicted octanol–water partition coefficient (Wildman–Crippen LogP) is 2.12. The van der Waals surface area contributed by atoms with Crippen LogP contribution >= 0.6 is 15.9 Å². The van der Waals surface area contributed by atoms with Crippen LogP contribution in [0.3, 0.4) is 0 Å². The molecule has 0 N–H and O–H groups in total. The van der Waals surface area contributed by atoms with Gasteiger partial charge >= 0.3 is 0 Å². The van der Waals surface area contributed by atoms with Gasteiger partial charge in [0.15, 0.2) is 0 Å². The lowest BCUT2D eigenvalue weighted by molar-refractivity contribution is 0.270. The molecule has 1 aromatic rings. The Kier molecular flexibility index (Phi) is 4.62. The van der Waals surface area contributed by atoms with Crippen LogP contribution < -0.4 is 0 Å². The standard InChI is InChI=1S/C10H18BrN3/c1-4-14-8-10(6-12-14)7-13(3)9(2)5-11/h6,8-9H,4-5,7H2,1-3H3. The molecule has 0 fully saturated rings. The molecule has 1 aromatic heterocycles. The summed E-state index contributed by atoms with van der Waals surface area (Å²) in [7, 11) is 2.13. The highest BCUT2D eigenvalue weighted by Gasteiger charge is 2.08. The third-order valence-corrected chi connectivity index (χ3v) is 3.36. The topological polar surface area (TPSA) is 21.1 Å². The van der Waals surface area contributed by atoms with E-state index >= 15 is 0 Å². The van der Waals surface area contributed by atoms with Crippen LogP contribution in [-0.2, 0) is 13.1 Å². The Morgan fingerprint density at radius 1 is 1.64 bits per heavy atom. The molecule has 0 spiro atoms. The molecule has 0 saturated heterocycles. The molecule has 4 heteroatoms. The molecule has 0 aromatic carbocycles. The summed E-state index contributed by atoms with van der Waals surface area (Å²) in [5, 5.41) is 5.26. The molecule has 0 radical (unpaired) electrons. The Balaban J connectivity index is 2.51. The maximum atomic E-state index is 4.25. The zero-order valence-corrected chi connectivity index (χ0v) is 10.7. The van der Waals surface area contributed by atoms with Gasteiger partial charge in [0.05, 0.1) is 6.20 Å². The maximum absolute atomic E-state index is 4.25. The van der Waals surface area contributed by atoms with Crippen LogP contribution in [0.5, 0.6) is 0 Å². The van der Waals surface area contributed by atoms with Crippen molar-refractivity contribution < 1.29 is 0 Å². The van der Waals surface area contributed by atoms with Crippen molar-refractivity contribution in [2.24, 2.45) is 0 Å². The second kappa shape index (κ2) is 5.51. The molecule has 14 heavy (non-hydrogen) atoms. The molecule has 0 bridgehead atoms. The smallest absolute Gasteiger partial charge is 0.0534 e. The highest BCUT2D eigenvalue weighted by Crippen LogP contribution is 2.06. The lowest BCUT2D eigenvalue weighted by Gasteiger charge is -2.21. The fourth-order valence-electron chi connectivity index (χ4n) is 1.22. The van der Waals surface area contributed by atoms with Crippen molar-refractivity contribution in [2.75, 3.05) is 12.4 Å². The first kappa shape index (κ1) is 11.7. The molecule has 3 nitrogen and oxygen atoms in total. The molecular formula is C10H18BrN3. The molecule has 0 aliphatic heterocycles. The number of alkyl halides is 1. The zero-order valence-electron chi connectivity index (χ0n) is 9.07. The summed E-state index contributed by atoms with van der Waals surface area (Å²) in [6.45, 7) is 6.21. The van der Waals surface area contributed by atoms with Crippen LogP contribution in [0.1, 0.15) is 19.4 Å². The average Bonchev–Trinajstić information content (AvgIpc) is 2.64. The van der Waals surface area contributed by atoms with Crippen molar-refractivity contribution in [1.82, 2.24) is 14.7 Å². The summed E-state index contributed by atoms with van der Waals surface area (Å²) in [6, 6.07) is 0.556. The van der Waals surface area contributed by atoms with E-state index in [0.717, 1.165) is 18.4 Å². The van der Waals surface area contributed by atoms with Gasteiger partial charge in [-0.05, 0) is 20.9 Å².